The predicted molar refractivity (Wildman–Crippen MR) is 142 cm³/mol. The topological polar surface area (TPSA) is 141 Å². The van der Waals surface area contributed by atoms with Gasteiger partial charge in [0.25, 0.3) is 11.8 Å². The van der Waals surface area contributed by atoms with Crippen molar-refractivity contribution in [2.75, 3.05) is 0 Å². The Kier molecular flexibility index (Phi) is 6.83. The fraction of sp³-hybridized carbons (Fsp3) is 0.267. The molecule has 2 aliphatic rings. The lowest BCUT2D eigenvalue weighted by Gasteiger charge is -2.27. The number of rotatable bonds is 2. The molecule has 0 fully saturated rings. The normalized spacial score (nSPS) is 15.2. The molecule has 0 saturated carbocycles. The first-order chi connectivity index (χ1) is 18.7. The van der Waals surface area contributed by atoms with Crippen LogP contribution in [-0.2, 0) is 19.1 Å². The molecule has 0 aromatic heterocycles. The van der Waals surface area contributed by atoms with E-state index in [0.29, 0.717) is 11.1 Å². The molecule has 0 unspecified atom stereocenters. The average molecular weight is 539 g/mol. The van der Waals surface area contributed by atoms with Crippen molar-refractivity contribution in [1.82, 2.24) is 9.80 Å². The van der Waals surface area contributed by atoms with Gasteiger partial charge in [-0.1, -0.05) is 24.3 Å². The molecule has 4 rings (SSSR count). The summed E-state index contributed by atoms with van der Waals surface area (Å²) >= 11 is 0. The number of nitrogens with zero attached hydrogens (tertiary/aromatic N) is 4. The number of nitriles is 2. The van der Waals surface area contributed by atoms with Crippen LogP contribution in [0.2, 0.25) is 0 Å². The molecule has 2 aliphatic heterocycles. The van der Waals surface area contributed by atoms with Gasteiger partial charge in [-0.25, -0.2) is 19.4 Å². The van der Waals surface area contributed by atoms with E-state index in [1.807, 2.05) is 12.1 Å². The van der Waals surface area contributed by atoms with Crippen LogP contribution in [-0.4, -0.2) is 45.0 Å². The Morgan fingerprint density at radius 3 is 1.18 bits per heavy atom. The molecule has 2 aromatic rings. The molecule has 0 saturated heterocycles. The molecule has 2 heterocycles. The Labute approximate surface area is 231 Å². The molecule has 4 amide bonds. The van der Waals surface area contributed by atoms with Crippen molar-refractivity contribution in [3.63, 3.8) is 0 Å². The van der Waals surface area contributed by atoms with Crippen LogP contribution in [0.1, 0.15) is 63.8 Å². The van der Waals surface area contributed by atoms with Crippen molar-refractivity contribution in [1.29, 1.82) is 10.5 Å². The third-order valence-corrected chi connectivity index (χ3v) is 5.73. The van der Waals surface area contributed by atoms with Gasteiger partial charge < -0.3 is 9.47 Å². The van der Waals surface area contributed by atoms with Crippen molar-refractivity contribution >= 4 is 35.4 Å². The molecule has 0 spiro atoms. The average Bonchev–Trinajstić information content (AvgIpc) is 3.34. The van der Waals surface area contributed by atoms with Crippen LogP contribution in [0, 0.1) is 22.7 Å². The number of fused-ring (bicyclic) bond motifs is 1. The Morgan fingerprint density at radius 1 is 0.625 bits per heavy atom. The Balaban J connectivity index is 2.03. The zero-order valence-corrected chi connectivity index (χ0v) is 22.9. The van der Waals surface area contributed by atoms with E-state index in [2.05, 4.69) is 0 Å². The van der Waals surface area contributed by atoms with E-state index < -0.39 is 35.2 Å². The predicted octanol–water partition coefficient (Wildman–Crippen LogP) is 5.11. The Morgan fingerprint density at radius 2 is 0.925 bits per heavy atom. The second kappa shape index (κ2) is 9.83. The van der Waals surface area contributed by atoms with Crippen molar-refractivity contribution in [2.24, 2.45) is 0 Å². The number of amides is 4. The van der Waals surface area contributed by atoms with Gasteiger partial charge in [0.2, 0.25) is 0 Å². The standard InChI is InChI=1S/C30H26N4O6/c1-29(2,3)39-27(37)33-23(19-11-7-17(15-31)8-12-19)21-22(25(33)35)24(20-13-9-18(16-32)10-14-20)34(26(21)36)28(38)40-30(4,5)6/h7-14H,1-6H3. The maximum absolute atomic E-state index is 14.0. The molecule has 10 nitrogen and oxygen atoms in total. The summed E-state index contributed by atoms with van der Waals surface area (Å²) in [5, 5.41) is 18.5. The smallest absolute Gasteiger partial charge is 0.422 e. The first-order valence-electron chi connectivity index (χ1n) is 12.3. The van der Waals surface area contributed by atoms with Gasteiger partial charge >= 0.3 is 12.2 Å². The summed E-state index contributed by atoms with van der Waals surface area (Å²) < 4.78 is 11.0. The number of carbonyl (C=O) groups excluding carboxylic acids is 4. The molecular weight excluding hydrogens is 512 g/mol. The van der Waals surface area contributed by atoms with E-state index in [9.17, 15) is 29.7 Å². The van der Waals surface area contributed by atoms with Crippen molar-refractivity contribution in [2.45, 2.75) is 52.7 Å². The maximum atomic E-state index is 14.0. The van der Waals surface area contributed by atoms with Crippen molar-refractivity contribution < 1.29 is 28.7 Å². The molecule has 0 atom stereocenters. The largest absolute Gasteiger partial charge is 0.443 e. The van der Waals surface area contributed by atoms with Crippen LogP contribution in [0.25, 0.3) is 11.4 Å². The van der Waals surface area contributed by atoms with Crippen LogP contribution in [0.5, 0.6) is 0 Å². The molecule has 0 radical (unpaired) electrons. The van der Waals surface area contributed by atoms with E-state index in [1.54, 1.807) is 41.5 Å². The van der Waals surface area contributed by atoms with Gasteiger partial charge in [0, 0.05) is 0 Å². The zero-order valence-electron chi connectivity index (χ0n) is 22.9. The second-order valence-electron chi connectivity index (χ2n) is 11.1. The minimum Gasteiger partial charge on any atom is -0.443 e. The molecule has 2 aromatic carbocycles. The van der Waals surface area contributed by atoms with Crippen LogP contribution in [0.3, 0.4) is 0 Å². The van der Waals surface area contributed by atoms with Crippen molar-refractivity contribution in [3.8, 4) is 12.1 Å². The number of hydrogen-bond acceptors (Lipinski definition) is 8. The highest BCUT2D eigenvalue weighted by atomic mass is 16.6. The summed E-state index contributed by atoms with van der Waals surface area (Å²) in [5.41, 5.74) is -1.27. The quantitative estimate of drug-likeness (QED) is 0.514. The minimum absolute atomic E-state index is 0.0825. The van der Waals surface area contributed by atoms with Crippen LogP contribution < -0.4 is 0 Å². The van der Waals surface area contributed by atoms with Gasteiger partial charge in [-0.15, -0.1) is 0 Å². The van der Waals surface area contributed by atoms with Gasteiger partial charge in [-0.2, -0.15) is 10.5 Å². The highest BCUT2D eigenvalue weighted by Crippen LogP contribution is 2.47. The van der Waals surface area contributed by atoms with Gasteiger partial charge in [0.1, 0.15) is 11.2 Å². The van der Waals surface area contributed by atoms with E-state index in [1.165, 1.54) is 48.5 Å². The van der Waals surface area contributed by atoms with Crippen molar-refractivity contribution in [3.05, 3.63) is 81.9 Å². The lowest BCUT2D eigenvalue weighted by molar-refractivity contribution is -0.123. The Bertz CT molecular complexity index is 1470. The van der Waals surface area contributed by atoms with Gasteiger partial charge in [0.05, 0.1) is 45.8 Å². The summed E-state index contributed by atoms with van der Waals surface area (Å²) in [7, 11) is 0. The molecular formula is C30H26N4O6. The summed E-state index contributed by atoms with van der Waals surface area (Å²) in [6, 6.07) is 15.9. The lowest BCUT2D eigenvalue weighted by Crippen LogP contribution is -2.40. The van der Waals surface area contributed by atoms with Crippen LogP contribution >= 0.6 is 0 Å². The first kappa shape index (κ1) is 27.8. The highest BCUT2D eigenvalue weighted by Gasteiger charge is 2.54. The minimum atomic E-state index is -1.01. The molecule has 202 valence electrons. The fourth-order valence-corrected chi connectivity index (χ4v) is 4.22. The summed E-state index contributed by atoms with van der Waals surface area (Å²) in [4.78, 5) is 56.3. The van der Waals surface area contributed by atoms with Gasteiger partial charge in [-0.05, 0) is 76.9 Å². The lowest BCUT2D eigenvalue weighted by atomic mass is 10.0. The molecule has 40 heavy (non-hydrogen) atoms. The van der Waals surface area contributed by atoms with E-state index in [0.717, 1.165) is 9.80 Å². The maximum Gasteiger partial charge on any atom is 0.422 e. The van der Waals surface area contributed by atoms with Gasteiger partial charge in [0.15, 0.2) is 0 Å². The molecule has 0 N–H and O–H groups in total. The molecule has 0 aliphatic carbocycles. The summed E-state index contributed by atoms with van der Waals surface area (Å²) in [5.74, 6) is -1.75. The zero-order chi connectivity index (χ0) is 29.6. The Hall–Kier alpha value is -5.22. The number of ether oxygens (including phenoxy) is 2. The second-order valence-corrected chi connectivity index (χ2v) is 11.1. The van der Waals surface area contributed by atoms with Crippen LogP contribution in [0.4, 0.5) is 9.59 Å². The van der Waals surface area contributed by atoms with Gasteiger partial charge in [-0.3, -0.25) is 9.59 Å². The van der Waals surface area contributed by atoms with Crippen LogP contribution in [0.15, 0.2) is 59.7 Å². The SMILES string of the molecule is CC(C)(C)OC(=O)N1C(=O)C2=C(c3ccc(C#N)cc3)N(C(=O)OC(C)(C)C)C(=O)C2=C1c1ccc(C#N)cc1. The number of imide groups is 2. The number of hydrogen-bond donors (Lipinski definition) is 0. The van der Waals surface area contributed by atoms with E-state index >= 15 is 0 Å². The number of benzene rings is 2. The van der Waals surface area contributed by atoms with E-state index in [-0.39, 0.29) is 33.7 Å². The summed E-state index contributed by atoms with van der Waals surface area (Å²) in [6.07, 6.45) is -2.02. The highest BCUT2D eigenvalue weighted by molar-refractivity contribution is 6.35. The van der Waals surface area contributed by atoms with E-state index in [4.69, 9.17) is 9.47 Å². The first-order valence-corrected chi connectivity index (χ1v) is 12.3. The number of carbonyl (C=O) groups is 4. The third kappa shape index (κ3) is 5.07. The monoisotopic (exact) mass is 538 g/mol. The molecule has 10 heteroatoms. The fourth-order valence-electron chi connectivity index (χ4n) is 4.22. The summed E-state index contributed by atoms with van der Waals surface area (Å²) in [6.45, 7) is 9.82. The third-order valence-electron chi connectivity index (χ3n) is 5.73. The molecule has 0 bridgehead atoms.